The highest BCUT2D eigenvalue weighted by Gasteiger charge is 2.29. The summed E-state index contributed by atoms with van der Waals surface area (Å²) in [5.74, 6) is -0.757. The first-order chi connectivity index (χ1) is 9.33. The van der Waals surface area contributed by atoms with Crippen molar-refractivity contribution >= 4 is 17.7 Å². The molecule has 0 bridgehead atoms. The van der Waals surface area contributed by atoms with E-state index in [4.69, 9.17) is 13.6 Å². The van der Waals surface area contributed by atoms with E-state index in [2.05, 4.69) is 0 Å². The van der Waals surface area contributed by atoms with Crippen LogP contribution in [0, 0.1) is 6.92 Å². The lowest BCUT2D eigenvalue weighted by atomic mass is 10.2. The molecule has 114 valence electrons. The SMILES string of the molecule is CCOP(=O)(OCC)OCS(=O)(=O)c1ccc(C)cc1. The van der Waals surface area contributed by atoms with Crippen LogP contribution in [-0.4, -0.2) is 27.6 Å². The fourth-order valence-electron chi connectivity index (χ4n) is 1.38. The molecule has 1 rings (SSSR count). The summed E-state index contributed by atoms with van der Waals surface area (Å²) >= 11 is 0. The van der Waals surface area contributed by atoms with E-state index in [1.807, 2.05) is 6.92 Å². The molecule has 0 amide bonds. The summed E-state index contributed by atoms with van der Waals surface area (Å²) in [6.45, 7) is 5.28. The van der Waals surface area contributed by atoms with Gasteiger partial charge in [-0.2, -0.15) is 0 Å². The Kier molecular flexibility index (Phi) is 6.36. The predicted octanol–water partition coefficient (Wildman–Crippen LogP) is 2.92. The Hall–Kier alpha value is -0.720. The fraction of sp³-hybridized carbons (Fsp3) is 0.500. The molecule has 0 saturated carbocycles. The summed E-state index contributed by atoms with van der Waals surface area (Å²) < 4.78 is 50.7. The van der Waals surface area contributed by atoms with Crippen molar-refractivity contribution in [2.45, 2.75) is 25.7 Å². The number of phosphoric acid groups is 1. The molecule has 0 aliphatic carbocycles. The standard InChI is InChI=1S/C12H19O6PS/c1-4-16-19(13,17-5-2)18-10-20(14,15)12-8-6-11(3)7-9-12/h6-9H,4-5,10H2,1-3H3. The summed E-state index contributed by atoms with van der Waals surface area (Å²) in [4.78, 5) is 0.0997. The minimum atomic E-state index is -3.82. The van der Waals surface area contributed by atoms with Gasteiger partial charge in [0.25, 0.3) is 0 Å². The lowest BCUT2D eigenvalue weighted by molar-refractivity contribution is 0.135. The molecule has 1 aromatic carbocycles. The maximum absolute atomic E-state index is 12.0. The van der Waals surface area contributed by atoms with Gasteiger partial charge < -0.3 is 0 Å². The van der Waals surface area contributed by atoms with E-state index in [1.165, 1.54) is 12.1 Å². The molecule has 0 saturated heterocycles. The van der Waals surface area contributed by atoms with Gasteiger partial charge in [-0.15, -0.1) is 0 Å². The fourth-order valence-corrected chi connectivity index (χ4v) is 3.99. The van der Waals surface area contributed by atoms with Crippen molar-refractivity contribution in [2.75, 3.05) is 19.2 Å². The van der Waals surface area contributed by atoms with Gasteiger partial charge in [-0.25, -0.2) is 13.0 Å². The van der Waals surface area contributed by atoms with Crippen LogP contribution in [0.2, 0.25) is 0 Å². The van der Waals surface area contributed by atoms with E-state index in [1.54, 1.807) is 26.0 Å². The largest absolute Gasteiger partial charge is 0.475 e. The van der Waals surface area contributed by atoms with E-state index >= 15 is 0 Å². The number of aryl methyl sites for hydroxylation is 1. The van der Waals surface area contributed by atoms with Crippen LogP contribution in [0.25, 0.3) is 0 Å². The van der Waals surface area contributed by atoms with Crippen molar-refractivity contribution in [3.8, 4) is 0 Å². The normalized spacial score (nSPS) is 12.6. The number of sulfone groups is 1. The smallest absolute Gasteiger partial charge is 0.287 e. The zero-order valence-electron chi connectivity index (χ0n) is 11.7. The monoisotopic (exact) mass is 322 g/mol. The minimum absolute atomic E-state index is 0.0991. The highest BCUT2D eigenvalue weighted by Crippen LogP contribution is 2.49. The van der Waals surface area contributed by atoms with Crippen molar-refractivity contribution in [1.82, 2.24) is 0 Å². The third kappa shape index (κ3) is 5.00. The van der Waals surface area contributed by atoms with E-state index in [9.17, 15) is 13.0 Å². The molecule has 0 spiro atoms. The van der Waals surface area contributed by atoms with Crippen LogP contribution >= 0.6 is 7.82 Å². The Bertz CT molecular complexity index is 556. The van der Waals surface area contributed by atoms with Crippen LogP contribution in [-0.2, 0) is 28.0 Å². The van der Waals surface area contributed by atoms with Crippen LogP contribution < -0.4 is 0 Å². The summed E-state index contributed by atoms with van der Waals surface area (Å²) in [5.41, 5.74) is 0.944. The summed E-state index contributed by atoms with van der Waals surface area (Å²) in [6, 6.07) is 6.30. The van der Waals surface area contributed by atoms with Crippen LogP contribution in [0.5, 0.6) is 0 Å². The topological polar surface area (TPSA) is 78.9 Å². The molecule has 20 heavy (non-hydrogen) atoms. The Morgan fingerprint density at radius 2 is 1.50 bits per heavy atom. The van der Waals surface area contributed by atoms with Crippen molar-refractivity contribution < 1.29 is 26.6 Å². The van der Waals surface area contributed by atoms with Gasteiger partial charge in [-0.1, -0.05) is 17.7 Å². The van der Waals surface area contributed by atoms with Crippen LogP contribution in [0.15, 0.2) is 29.2 Å². The number of rotatable bonds is 8. The Labute approximate surface area is 119 Å². The van der Waals surface area contributed by atoms with E-state index in [0.29, 0.717) is 0 Å². The first-order valence-electron chi connectivity index (χ1n) is 6.16. The van der Waals surface area contributed by atoms with Crippen molar-refractivity contribution in [2.24, 2.45) is 0 Å². The second kappa shape index (κ2) is 7.33. The molecule has 6 nitrogen and oxygen atoms in total. The van der Waals surface area contributed by atoms with Gasteiger partial charge >= 0.3 is 7.82 Å². The molecule has 0 fully saturated rings. The molecule has 0 N–H and O–H groups in total. The molecule has 8 heteroatoms. The third-order valence-electron chi connectivity index (χ3n) is 2.32. The summed E-state index contributed by atoms with van der Waals surface area (Å²) in [6.07, 6.45) is 0. The lowest BCUT2D eigenvalue weighted by Crippen LogP contribution is -2.11. The molecule has 0 radical (unpaired) electrons. The molecule has 0 heterocycles. The van der Waals surface area contributed by atoms with Crippen LogP contribution in [0.4, 0.5) is 0 Å². The first kappa shape index (κ1) is 17.3. The van der Waals surface area contributed by atoms with Gasteiger partial charge in [0.05, 0.1) is 18.1 Å². The van der Waals surface area contributed by atoms with Crippen LogP contribution in [0.1, 0.15) is 19.4 Å². The number of hydrogen-bond donors (Lipinski definition) is 0. The van der Waals surface area contributed by atoms with Gasteiger partial charge in [-0.3, -0.25) is 13.6 Å². The van der Waals surface area contributed by atoms with Crippen molar-refractivity contribution in [1.29, 1.82) is 0 Å². The molecular formula is C12H19O6PS. The van der Waals surface area contributed by atoms with Gasteiger partial charge in [0.15, 0.2) is 5.94 Å². The molecule has 0 aliphatic heterocycles. The molecule has 0 atom stereocenters. The van der Waals surface area contributed by atoms with Gasteiger partial charge in [0.2, 0.25) is 9.84 Å². The first-order valence-corrected chi connectivity index (χ1v) is 9.27. The van der Waals surface area contributed by atoms with E-state index < -0.39 is 23.6 Å². The number of phosphoric ester groups is 1. The third-order valence-corrected chi connectivity index (χ3v) is 5.51. The average molecular weight is 322 g/mol. The van der Waals surface area contributed by atoms with E-state index in [0.717, 1.165) is 5.56 Å². The van der Waals surface area contributed by atoms with Crippen LogP contribution in [0.3, 0.4) is 0 Å². The quantitative estimate of drug-likeness (QED) is 0.685. The van der Waals surface area contributed by atoms with Crippen molar-refractivity contribution in [3.63, 3.8) is 0 Å². The van der Waals surface area contributed by atoms with Gasteiger partial charge in [0.1, 0.15) is 0 Å². The zero-order valence-corrected chi connectivity index (χ0v) is 13.4. The summed E-state index contributed by atoms with van der Waals surface area (Å²) in [7, 11) is -7.53. The Morgan fingerprint density at radius 3 is 1.95 bits per heavy atom. The average Bonchev–Trinajstić information content (AvgIpc) is 2.38. The molecule has 0 aromatic heterocycles. The second-order valence-electron chi connectivity index (χ2n) is 3.96. The predicted molar refractivity (Wildman–Crippen MR) is 75.2 cm³/mol. The summed E-state index contributed by atoms with van der Waals surface area (Å²) in [5, 5.41) is 0. The maximum atomic E-state index is 12.0. The Balaban J connectivity index is 2.81. The molecule has 0 aliphatic rings. The maximum Gasteiger partial charge on any atom is 0.475 e. The molecule has 1 aromatic rings. The van der Waals surface area contributed by atoms with Gasteiger partial charge in [-0.05, 0) is 32.9 Å². The minimum Gasteiger partial charge on any atom is -0.287 e. The number of hydrogen-bond acceptors (Lipinski definition) is 6. The highest BCUT2D eigenvalue weighted by molar-refractivity contribution is 7.91. The second-order valence-corrected chi connectivity index (χ2v) is 7.56. The van der Waals surface area contributed by atoms with Crippen molar-refractivity contribution in [3.05, 3.63) is 29.8 Å². The number of benzene rings is 1. The highest BCUT2D eigenvalue weighted by atomic mass is 32.2. The zero-order chi connectivity index (χ0) is 15.2. The van der Waals surface area contributed by atoms with Gasteiger partial charge in [0, 0.05) is 0 Å². The lowest BCUT2D eigenvalue weighted by Gasteiger charge is -2.16. The molecular weight excluding hydrogens is 303 g/mol. The van der Waals surface area contributed by atoms with E-state index in [-0.39, 0.29) is 18.1 Å². The molecule has 0 unspecified atom stereocenters. The Morgan fingerprint density at radius 1 is 1.00 bits per heavy atom.